The van der Waals surface area contributed by atoms with Crippen molar-refractivity contribution in [3.8, 4) is 16.9 Å². The molecule has 0 saturated carbocycles. The number of rotatable bonds is 12. The lowest BCUT2D eigenvalue weighted by atomic mass is 9.91. The van der Waals surface area contributed by atoms with Crippen molar-refractivity contribution < 1.29 is 24.2 Å². The number of nitrogens with zero attached hydrogens (tertiary/aromatic N) is 5. The van der Waals surface area contributed by atoms with Gasteiger partial charge in [0.1, 0.15) is 11.4 Å². The number of carbonyl (C=O) groups excluding carboxylic acids is 2. The summed E-state index contributed by atoms with van der Waals surface area (Å²) in [6.45, 7) is 4.15. The molecule has 0 fully saturated rings. The number of aromatic hydroxyl groups is 1. The van der Waals surface area contributed by atoms with Gasteiger partial charge in [-0.15, -0.1) is 23.5 Å². The van der Waals surface area contributed by atoms with Crippen LogP contribution in [-0.4, -0.2) is 55.4 Å². The van der Waals surface area contributed by atoms with Crippen LogP contribution in [0.2, 0.25) is 5.02 Å². The number of benzene rings is 2. The molecule has 1 N–H and O–H groups in total. The van der Waals surface area contributed by atoms with Crippen LogP contribution >= 0.6 is 35.1 Å². The summed E-state index contributed by atoms with van der Waals surface area (Å²) in [6, 6.07) is 9.99. The van der Waals surface area contributed by atoms with Crippen molar-refractivity contribution in [3.63, 3.8) is 0 Å². The van der Waals surface area contributed by atoms with Crippen molar-refractivity contribution in [1.82, 2.24) is 24.1 Å². The van der Waals surface area contributed by atoms with E-state index in [1.54, 1.807) is 23.5 Å². The number of ether oxygens (including phenoxy) is 2. The van der Waals surface area contributed by atoms with Crippen LogP contribution in [0.1, 0.15) is 69.2 Å². The minimum atomic E-state index is -0.488. The fourth-order valence-electron chi connectivity index (χ4n) is 6.94. The van der Waals surface area contributed by atoms with Gasteiger partial charge < -0.3 is 19.1 Å². The van der Waals surface area contributed by atoms with Crippen molar-refractivity contribution in [2.45, 2.75) is 74.7 Å². The predicted octanol–water partition coefficient (Wildman–Crippen LogP) is 7.71. The fraction of sp³-hybridized carbons (Fsp3) is 0.405. The Labute approximate surface area is 305 Å². The van der Waals surface area contributed by atoms with Crippen LogP contribution < -0.4 is 0 Å². The number of phenols is 1. The largest absolute Gasteiger partial charge is 0.508 e. The number of aromatic nitrogens is 5. The molecule has 5 aromatic rings. The SMILES string of the molecule is COC(=O)CCn1c(C(=O)OC)c(C)c2c(-c3c(CSCc4cc(CSc5cc(O)c6c(c5)CCCC6)n(C)n4)nn(C)c3C)c(Cl)ccc21. The maximum Gasteiger partial charge on any atom is 0.354 e. The molecule has 0 radical (unpaired) electrons. The van der Waals surface area contributed by atoms with Crippen LogP contribution in [0.15, 0.2) is 35.2 Å². The van der Waals surface area contributed by atoms with Gasteiger partial charge in [-0.2, -0.15) is 10.2 Å². The number of halogens is 1. The number of fused-ring (bicyclic) bond motifs is 2. The average molecular weight is 736 g/mol. The summed E-state index contributed by atoms with van der Waals surface area (Å²) in [7, 11) is 6.59. The van der Waals surface area contributed by atoms with E-state index in [1.807, 2.05) is 60.1 Å². The normalized spacial score (nSPS) is 12.8. The Morgan fingerprint density at radius 1 is 0.960 bits per heavy atom. The summed E-state index contributed by atoms with van der Waals surface area (Å²) in [4.78, 5) is 26.2. The summed E-state index contributed by atoms with van der Waals surface area (Å²) in [6.07, 6.45) is 4.40. The number of hydrogen-bond donors (Lipinski definition) is 1. The molecule has 0 saturated heterocycles. The van der Waals surface area contributed by atoms with Crippen LogP contribution in [0.3, 0.4) is 0 Å². The van der Waals surface area contributed by atoms with Gasteiger partial charge >= 0.3 is 11.9 Å². The van der Waals surface area contributed by atoms with E-state index in [4.69, 9.17) is 31.3 Å². The van der Waals surface area contributed by atoms with Gasteiger partial charge in [-0.3, -0.25) is 14.2 Å². The van der Waals surface area contributed by atoms with Gasteiger partial charge in [-0.05, 0) is 86.6 Å². The highest BCUT2D eigenvalue weighted by Crippen LogP contribution is 2.43. The molecule has 1 aliphatic carbocycles. The smallest absolute Gasteiger partial charge is 0.354 e. The van der Waals surface area contributed by atoms with Gasteiger partial charge in [0.15, 0.2) is 0 Å². The van der Waals surface area contributed by atoms with E-state index in [0.717, 1.165) is 85.8 Å². The molecule has 0 amide bonds. The van der Waals surface area contributed by atoms with Crippen molar-refractivity contribution >= 4 is 58.0 Å². The van der Waals surface area contributed by atoms with Gasteiger partial charge in [0, 0.05) is 81.2 Å². The third-order valence-electron chi connectivity index (χ3n) is 9.54. The first kappa shape index (κ1) is 35.9. The van der Waals surface area contributed by atoms with E-state index in [0.29, 0.717) is 28.0 Å². The highest BCUT2D eigenvalue weighted by molar-refractivity contribution is 7.98. The average Bonchev–Trinajstić information content (AvgIpc) is 3.71. The summed E-state index contributed by atoms with van der Waals surface area (Å²) >= 11 is 10.4. The van der Waals surface area contributed by atoms with Crippen LogP contribution in [0, 0.1) is 13.8 Å². The van der Waals surface area contributed by atoms with E-state index in [1.165, 1.54) is 26.2 Å². The number of carbonyl (C=O) groups is 2. The minimum absolute atomic E-state index is 0.0982. The highest BCUT2D eigenvalue weighted by atomic mass is 35.5. The molecular formula is C37H42ClN5O5S2. The van der Waals surface area contributed by atoms with Crippen molar-refractivity contribution in [2.24, 2.45) is 14.1 Å². The van der Waals surface area contributed by atoms with E-state index >= 15 is 0 Å². The van der Waals surface area contributed by atoms with Crippen LogP contribution in [0.4, 0.5) is 0 Å². The Hall–Kier alpha value is -3.87. The first-order valence-corrected chi connectivity index (χ1v) is 19.1. The van der Waals surface area contributed by atoms with Crippen LogP contribution in [-0.2, 0) is 65.0 Å². The predicted molar refractivity (Wildman–Crippen MR) is 199 cm³/mol. The van der Waals surface area contributed by atoms with E-state index < -0.39 is 5.97 Å². The topological polar surface area (TPSA) is 113 Å². The number of hydrogen-bond acceptors (Lipinski definition) is 9. The minimum Gasteiger partial charge on any atom is -0.508 e. The van der Waals surface area contributed by atoms with E-state index in [-0.39, 0.29) is 18.9 Å². The number of esters is 2. The Kier molecular flexibility index (Phi) is 10.9. The Bertz CT molecular complexity index is 2100. The molecule has 13 heteroatoms. The second-order valence-electron chi connectivity index (χ2n) is 12.6. The summed E-state index contributed by atoms with van der Waals surface area (Å²) < 4.78 is 15.7. The zero-order chi connectivity index (χ0) is 35.7. The fourth-order valence-corrected chi connectivity index (χ4v) is 9.05. The lowest BCUT2D eigenvalue weighted by molar-refractivity contribution is -0.140. The number of methoxy groups -OCH3 is 2. The quantitative estimate of drug-likeness (QED) is 0.102. The van der Waals surface area contributed by atoms with E-state index in [9.17, 15) is 14.7 Å². The molecule has 6 rings (SSSR count). The second-order valence-corrected chi connectivity index (χ2v) is 15.1. The zero-order valence-corrected chi connectivity index (χ0v) is 31.7. The van der Waals surface area contributed by atoms with Crippen molar-refractivity contribution in [1.29, 1.82) is 0 Å². The molecule has 0 unspecified atom stereocenters. The number of phenolic OH excluding ortho intramolecular Hbond substituents is 1. The molecule has 3 aromatic heterocycles. The maximum atomic E-state index is 13.1. The monoisotopic (exact) mass is 735 g/mol. The molecule has 0 bridgehead atoms. The standard InChI is InChI=1S/C37H42ClN5O5S2/c1-21-33-30(43(14-13-32(45)47-5)36(21)37(46)48-6)12-11-28(38)35(33)34-22(2)41(3)40-29(34)20-49-18-24-16-25(42(4)39-24)19-50-26-15-23-9-7-8-10-27(23)31(44)17-26/h11-12,15-17,44H,7-10,13-14,18-20H2,1-6H3. The molecular weight excluding hydrogens is 694 g/mol. The van der Waals surface area contributed by atoms with Crippen LogP contribution in [0.25, 0.3) is 22.0 Å². The number of thioether (sulfide) groups is 2. The summed E-state index contributed by atoms with van der Waals surface area (Å²) in [5, 5.41) is 21.6. The Morgan fingerprint density at radius 2 is 1.74 bits per heavy atom. The molecule has 2 aromatic carbocycles. The van der Waals surface area contributed by atoms with Gasteiger partial charge in [-0.1, -0.05) is 11.6 Å². The van der Waals surface area contributed by atoms with Crippen molar-refractivity contribution in [2.75, 3.05) is 14.2 Å². The highest BCUT2D eigenvalue weighted by Gasteiger charge is 2.28. The maximum absolute atomic E-state index is 13.1. The lowest BCUT2D eigenvalue weighted by Crippen LogP contribution is -2.14. The second kappa shape index (κ2) is 15.2. The Balaban J connectivity index is 1.24. The van der Waals surface area contributed by atoms with Gasteiger partial charge in [-0.25, -0.2) is 4.79 Å². The molecule has 10 nitrogen and oxygen atoms in total. The molecule has 0 aliphatic heterocycles. The molecule has 264 valence electrons. The van der Waals surface area contributed by atoms with Crippen molar-refractivity contribution in [3.05, 3.63) is 80.5 Å². The first-order valence-electron chi connectivity index (χ1n) is 16.6. The number of aryl methyl sites for hydroxylation is 5. The molecule has 0 spiro atoms. The zero-order valence-electron chi connectivity index (χ0n) is 29.3. The molecule has 0 atom stereocenters. The molecule has 3 heterocycles. The summed E-state index contributed by atoms with van der Waals surface area (Å²) in [5.41, 5.74) is 9.91. The van der Waals surface area contributed by atoms with Gasteiger partial charge in [0.2, 0.25) is 0 Å². The van der Waals surface area contributed by atoms with Gasteiger partial charge in [0.25, 0.3) is 0 Å². The first-order chi connectivity index (χ1) is 24.0. The lowest BCUT2D eigenvalue weighted by Gasteiger charge is -2.18. The van der Waals surface area contributed by atoms with E-state index in [2.05, 4.69) is 12.1 Å². The summed E-state index contributed by atoms with van der Waals surface area (Å²) in [5.74, 6) is 1.63. The third-order valence-corrected chi connectivity index (χ3v) is 11.8. The molecule has 1 aliphatic rings. The molecule has 50 heavy (non-hydrogen) atoms. The Morgan fingerprint density at radius 3 is 2.50 bits per heavy atom. The van der Waals surface area contributed by atoms with Crippen LogP contribution in [0.5, 0.6) is 5.75 Å². The third kappa shape index (κ3) is 7.02. The van der Waals surface area contributed by atoms with Gasteiger partial charge in [0.05, 0.1) is 32.0 Å².